The number of anilines is 1. The minimum atomic E-state index is -0.0579. The van der Waals surface area contributed by atoms with Gasteiger partial charge in [-0.2, -0.15) is 0 Å². The maximum Gasteiger partial charge on any atom is 0.266 e. The van der Waals surface area contributed by atoms with E-state index in [1.807, 2.05) is 76.1 Å². The molecule has 138 valence electrons. The molecule has 0 aliphatic carbocycles. The van der Waals surface area contributed by atoms with Crippen LogP contribution in [0.15, 0.2) is 91.8 Å². The summed E-state index contributed by atoms with van der Waals surface area (Å²) in [7, 11) is 0. The predicted octanol–water partition coefficient (Wildman–Crippen LogP) is 4.26. The van der Waals surface area contributed by atoms with Crippen molar-refractivity contribution in [2.75, 3.05) is 5.32 Å². The molecule has 0 saturated carbocycles. The molecular weight excluding hydrogens is 346 g/mol. The average Bonchev–Trinajstić information content (AvgIpc) is 3.08. The van der Waals surface area contributed by atoms with Crippen LogP contribution in [-0.4, -0.2) is 10.5 Å². The first-order chi connectivity index (χ1) is 13.7. The molecule has 4 aromatic rings. The van der Waals surface area contributed by atoms with E-state index in [2.05, 4.69) is 30.1 Å². The van der Waals surface area contributed by atoms with Gasteiger partial charge in [-0.3, -0.25) is 4.79 Å². The number of nitrogens with one attached hydrogen (secondary N) is 1. The Morgan fingerprint density at radius 1 is 0.964 bits per heavy atom. The molecule has 0 unspecified atom stereocenters. The van der Waals surface area contributed by atoms with E-state index in [0.29, 0.717) is 0 Å². The van der Waals surface area contributed by atoms with Gasteiger partial charge in [0, 0.05) is 5.69 Å². The molecule has 4 heteroatoms. The molecule has 28 heavy (non-hydrogen) atoms. The zero-order chi connectivity index (χ0) is 19.3. The number of aromatic nitrogens is 2. The molecule has 1 amide bonds. The third-order valence-corrected chi connectivity index (χ3v) is 4.77. The maximum absolute atomic E-state index is 12.8. The van der Waals surface area contributed by atoms with Gasteiger partial charge in [0.1, 0.15) is 0 Å². The summed E-state index contributed by atoms with van der Waals surface area (Å²) in [5.41, 5.74) is 5.18. The number of carbonyl (C=O) groups is 1. The van der Waals surface area contributed by atoms with E-state index in [0.717, 1.165) is 28.7 Å². The lowest BCUT2D eigenvalue weighted by atomic mass is 10.0. The average molecular weight is 368 g/mol. The fourth-order valence-corrected chi connectivity index (χ4v) is 3.43. The van der Waals surface area contributed by atoms with Gasteiger partial charge in [-0.1, -0.05) is 67.2 Å². The number of carbonyl (C=O) groups excluding carboxylic acids is 1. The predicted molar refractivity (Wildman–Crippen MR) is 113 cm³/mol. The van der Waals surface area contributed by atoms with Crippen LogP contribution in [-0.2, 0) is 17.8 Å². The number of imidazole rings is 1. The normalized spacial score (nSPS) is 10.7. The molecule has 0 atom stereocenters. The molecule has 4 rings (SSSR count). The third kappa shape index (κ3) is 3.71. The van der Waals surface area contributed by atoms with E-state index in [1.165, 1.54) is 5.56 Å². The molecule has 0 fully saturated rings. The molecule has 0 saturated heterocycles. The first kappa shape index (κ1) is 17.7. The molecule has 0 radical (unpaired) electrons. The molecule has 1 heterocycles. The van der Waals surface area contributed by atoms with Crippen molar-refractivity contribution in [1.82, 2.24) is 4.57 Å². The van der Waals surface area contributed by atoms with Crippen molar-refractivity contribution in [3.05, 3.63) is 103 Å². The van der Waals surface area contributed by atoms with Gasteiger partial charge in [-0.15, -0.1) is 0 Å². The standard InChI is InChI=1S/C24H21N3O/c1-2-26-18-27(23-15-9-8-14-22(23)26)17-24(28)25-21-13-7-6-12-20(21)16-19-10-4-3-5-11-19/h2-15,18H,1,16-17H2/p+1. The van der Waals surface area contributed by atoms with Crippen molar-refractivity contribution in [2.24, 2.45) is 0 Å². The number of fused-ring (bicyclic) bond motifs is 1. The summed E-state index contributed by atoms with van der Waals surface area (Å²) in [5, 5.41) is 3.08. The number of hydrogen-bond donors (Lipinski definition) is 1. The van der Waals surface area contributed by atoms with E-state index in [4.69, 9.17) is 0 Å². The summed E-state index contributed by atoms with van der Waals surface area (Å²) >= 11 is 0. The first-order valence-electron chi connectivity index (χ1n) is 9.28. The second-order valence-electron chi connectivity index (χ2n) is 6.69. The zero-order valence-corrected chi connectivity index (χ0v) is 15.6. The van der Waals surface area contributed by atoms with Crippen molar-refractivity contribution < 1.29 is 9.36 Å². The summed E-state index contributed by atoms with van der Waals surface area (Å²) in [6, 6.07) is 26.2. The molecule has 0 spiro atoms. The van der Waals surface area contributed by atoms with E-state index in [9.17, 15) is 4.79 Å². The highest BCUT2D eigenvalue weighted by atomic mass is 16.1. The Balaban J connectivity index is 1.54. The summed E-state index contributed by atoms with van der Waals surface area (Å²) in [6.45, 7) is 4.08. The highest BCUT2D eigenvalue weighted by molar-refractivity contribution is 5.91. The molecule has 1 N–H and O–H groups in total. The van der Waals surface area contributed by atoms with Crippen molar-refractivity contribution in [3.63, 3.8) is 0 Å². The SMILES string of the molecule is C=Cn1c[n+](CC(=O)Nc2ccccc2Cc2ccccc2)c2ccccc21. The Labute approximate surface area is 164 Å². The first-order valence-corrected chi connectivity index (χ1v) is 9.28. The van der Waals surface area contributed by atoms with Crippen LogP contribution in [0.3, 0.4) is 0 Å². The van der Waals surface area contributed by atoms with Gasteiger partial charge >= 0.3 is 0 Å². The van der Waals surface area contributed by atoms with Crippen molar-refractivity contribution in [2.45, 2.75) is 13.0 Å². The van der Waals surface area contributed by atoms with Crippen LogP contribution in [0.1, 0.15) is 11.1 Å². The Hall–Kier alpha value is -3.66. The molecule has 0 aliphatic rings. The number of rotatable bonds is 6. The molecule has 4 nitrogen and oxygen atoms in total. The van der Waals surface area contributed by atoms with Crippen LogP contribution < -0.4 is 9.88 Å². The van der Waals surface area contributed by atoms with E-state index in [-0.39, 0.29) is 12.5 Å². The minimum absolute atomic E-state index is 0.0579. The zero-order valence-electron chi connectivity index (χ0n) is 15.6. The molecule has 3 aromatic carbocycles. The van der Waals surface area contributed by atoms with Crippen molar-refractivity contribution in [1.29, 1.82) is 0 Å². The van der Waals surface area contributed by atoms with Gasteiger partial charge in [0.05, 0.1) is 6.20 Å². The molecular formula is C24H22N3O+. The number of para-hydroxylation sites is 3. The Kier molecular flexibility index (Phi) is 5.02. The molecule has 0 aliphatic heterocycles. The monoisotopic (exact) mass is 368 g/mol. The van der Waals surface area contributed by atoms with Crippen LogP contribution >= 0.6 is 0 Å². The van der Waals surface area contributed by atoms with Gasteiger partial charge in [0.2, 0.25) is 6.33 Å². The van der Waals surface area contributed by atoms with Gasteiger partial charge in [0.25, 0.3) is 5.91 Å². The molecule has 0 bridgehead atoms. The smallest absolute Gasteiger partial charge is 0.266 e. The van der Waals surface area contributed by atoms with Crippen LogP contribution in [0, 0.1) is 0 Å². The lowest BCUT2D eigenvalue weighted by Gasteiger charge is -2.10. The Morgan fingerprint density at radius 2 is 1.68 bits per heavy atom. The van der Waals surface area contributed by atoms with Crippen LogP contribution in [0.4, 0.5) is 5.69 Å². The fraction of sp³-hybridized carbons (Fsp3) is 0.0833. The van der Waals surface area contributed by atoms with Crippen LogP contribution in [0.25, 0.3) is 17.2 Å². The highest BCUT2D eigenvalue weighted by Crippen LogP contribution is 2.19. The van der Waals surface area contributed by atoms with Gasteiger partial charge in [0.15, 0.2) is 17.6 Å². The van der Waals surface area contributed by atoms with Crippen molar-refractivity contribution >= 4 is 28.8 Å². The third-order valence-electron chi connectivity index (χ3n) is 4.77. The number of hydrogen-bond acceptors (Lipinski definition) is 1. The summed E-state index contributed by atoms with van der Waals surface area (Å²) in [6.07, 6.45) is 4.42. The van der Waals surface area contributed by atoms with Gasteiger partial charge in [-0.05, 0) is 35.7 Å². The fourth-order valence-electron chi connectivity index (χ4n) is 3.43. The highest BCUT2D eigenvalue weighted by Gasteiger charge is 2.17. The molecule has 1 aromatic heterocycles. The summed E-state index contributed by atoms with van der Waals surface area (Å²) in [4.78, 5) is 12.8. The van der Waals surface area contributed by atoms with E-state index in [1.54, 1.807) is 6.20 Å². The van der Waals surface area contributed by atoms with Gasteiger partial charge < -0.3 is 5.32 Å². The summed E-state index contributed by atoms with van der Waals surface area (Å²) < 4.78 is 3.86. The van der Waals surface area contributed by atoms with Gasteiger partial charge in [-0.25, -0.2) is 9.13 Å². The maximum atomic E-state index is 12.8. The lowest BCUT2D eigenvalue weighted by molar-refractivity contribution is -0.658. The van der Waals surface area contributed by atoms with Crippen molar-refractivity contribution in [3.8, 4) is 0 Å². The lowest BCUT2D eigenvalue weighted by Crippen LogP contribution is -2.39. The number of benzene rings is 3. The Bertz CT molecular complexity index is 1130. The minimum Gasteiger partial charge on any atom is -0.322 e. The summed E-state index contributed by atoms with van der Waals surface area (Å²) in [5.74, 6) is -0.0579. The number of amides is 1. The second-order valence-corrected chi connectivity index (χ2v) is 6.69. The quantitative estimate of drug-likeness (QED) is 0.508. The van der Waals surface area contributed by atoms with Crippen LogP contribution in [0.2, 0.25) is 0 Å². The van der Waals surface area contributed by atoms with E-state index < -0.39 is 0 Å². The topological polar surface area (TPSA) is 37.9 Å². The van der Waals surface area contributed by atoms with E-state index >= 15 is 0 Å². The number of nitrogens with zero attached hydrogens (tertiary/aromatic N) is 2. The largest absolute Gasteiger partial charge is 0.322 e. The van der Waals surface area contributed by atoms with Crippen LogP contribution in [0.5, 0.6) is 0 Å². The Morgan fingerprint density at radius 3 is 2.50 bits per heavy atom. The second kappa shape index (κ2) is 7.92.